The van der Waals surface area contributed by atoms with E-state index in [9.17, 15) is 4.79 Å². The van der Waals surface area contributed by atoms with Crippen molar-refractivity contribution in [3.63, 3.8) is 0 Å². The average molecular weight is 295 g/mol. The Kier molecular flexibility index (Phi) is 3.29. The zero-order valence-corrected chi connectivity index (χ0v) is 12.8. The number of carbonyl (C=O) groups excluding carboxylic acids is 1. The molecule has 0 spiro atoms. The fraction of sp³-hybridized carbons (Fsp3) is 0.421. The Balaban J connectivity index is 1.41. The number of esters is 1. The molecule has 1 unspecified atom stereocenters. The number of hydrogen-bond donors (Lipinski definition) is 1. The number of fused-ring (bicyclic) bond motifs is 3. The second-order valence-electron chi connectivity index (χ2n) is 6.42. The second-order valence-corrected chi connectivity index (χ2v) is 6.42. The molecule has 0 saturated heterocycles. The fourth-order valence-electron chi connectivity index (χ4n) is 4.09. The second kappa shape index (κ2) is 5.31. The molecule has 0 amide bonds. The summed E-state index contributed by atoms with van der Waals surface area (Å²) in [5.41, 5.74) is 4.67. The van der Waals surface area contributed by atoms with Gasteiger partial charge < -0.3 is 9.72 Å². The molecule has 2 aromatic rings. The summed E-state index contributed by atoms with van der Waals surface area (Å²) in [6.07, 6.45) is 3.50. The van der Waals surface area contributed by atoms with Gasteiger partial charge in [-0.2, -0.15) is 0 Å². The highest BCUT2D eigenvalue weighted by molar-refractivity contribution is 5.88. The maximum Gasteiger partial charge on any atom is 0.354 e. The molecule has 4 rings (SSSR count). The first-order valence-corrected chi connectivity index (χ1v) is 8.20. The molecule has 3 atom stereocenters. The predicted molar refractivity (Wildman–Crippen MR) is 84.9 cm³/mol. The summed E-state index contributed by atoms with van der Waals surface area (Å²) in [5, 5.41) is 0. The lowest BCUT2D eigenvalue weighted by Crippen LogP contribution is -2.05. The van der Waals surface area contributed by atoms with Gasteiger partial charge in [-0.1, -0.05) is 30.3 Å². The molecule has 2 aliphatic rings. The molecule has 1 N–H and O–H groups in total. The van der Waals surface area contributed by atoms with E-state index >= 15 is 0 Å². The molecule has 1 aromatic carbocycles. The minimum atomic E-state index is -0.227. The van der Waals surface area contributed by atoms with Crippen molar-refractivity contribution in [3.8, 4) is 0 Å². The highest BCUT2D eigenvalue weighted by atomic mass is 16.5. The Morgan fingerprint density at radius 3 is 2.91 bits per heavy atom. The topological polar surface area (TPSA) is 42.1 Å². The number of aromatic amines is 1. The van der Waals surface area contributed by atoms with Crippen molar-refractivity contribution in [2.45, 2.75) is 32.1 Å². The van der Waals surface area contributed by atoms with E-state index < -0.39 is 0 Å². The van der Waals surface area contributed by atoms with Crippen molar-refractivity contribution in [2.75, 3.05) is 6.61 Å². The van der Waals surface area contributed by atoms with Crippen molar-refractivity contribution in [1.29, 1.82) is 0 Å². The first-order chi connectivity index (χ1) is 10.8. The number of hydrogen-bond acceptors (Lipinski definition) is 2. The number of carbonyl (C=O) groups is 1. The van der Waals surface area contributed by atoms with Crippen molar-refractivity contribution >= 4 is 5.97 Å². The smallest absolute Gasteiger partial charge is 0.354 e. The van der Waals surface area contributed by atoms with Crippen molar-refractivity contribution in [1.82, 2.24) is 4.98 Å². The fourth-order valence-corrected chi connectivity index (χ4v) is 4.09. The number of rotatable bonds is 5. The Bertz CT molecular complexity index is 689. The normalized spacial score (nSPS) is 24.7. The highest BCUT2D eigenvalue weighted by Crippen LogP contribution is 2.63. The summed E-state index contributed by atoms with van der Waals surface area (Å²) in [6, 6.07) is 12.7. The van der Waals surface area contributed by atoms with Crippen LogP contribution in [0.3, 0.4) is 0 Å². The number of aromatic nitrogens is 1. The molecule has 22 heavy (non-hydrogen) atoms. The standard InChI is InChI=1S/C19H21NO2/c1-2-22-19(21)17-11-15-16(20-17)10-14-13(18(14)15)9-8-12-6-4-3-5-7-12/h3-7,11,13-14,18,20H,2,8-10H2,1H3/t13-,14+,18?/m0/s1. The van der Waals surface area contributed by atoms with Gasteiger partial charge in [0.25, 0.3) is 0 Å². The van der Waals surface area contributed by atoms with Gasteiger partial charge in [-0.3, -0.25) is 0 Å². The predicted octanol–water partition coefficient (Wildman–Crippen LogP) is 3.71. The van der Waals surface area contributed by atoms with E-state index in [4.69, 9.17) is 4.74 Å². The lowest BCUT2D eigenvalue weighted by molar-refractivity contribution is 0.0520. The lowest BCUT2D eigenvalue weighted by atomic mass is 10.0. The monoisotopic (exact) mass is 295 g/mol. The third kappa shape index (κ3) is 2.25. The van der Waals surface area contributed by atoms with Gasteiger partial charge in [-0.05, 0) is 61.1 Å². The van der Waals surface area contributed by atoms with E-state index in [2.05, 4.69) is 35.3 Å². The molecule has 3 heteroatoms. The molecule has 0 bridgehead atoms. The van der Waals surface area contributed by atoms with Crippen LogP contribution in [0.4, 0.5) is 0 Å². The van der Waals surface area contributed by atoms with Crippen LogP contribution in [0.15, 0.2) is 36.4 Å². The van der Waals surface area contributed by atoms with E-state index in [1.165, 1.54) is 23.2 Å². The van der Waals surface area contributed by atoms with Gasteiger partial charge in [-0.15, -0.1) is 0 Å². The van der Waals surface area contributed by atoms with Gasteiger partial charge in [0.1, 0.15) is 5.69 Å². The Labute approximate surface area is 130 Å². The van der Waals surface area contributed by atoms with Gasteiger partial charge in [-0.25, -0.2) is 4.79 Å². The van der Waals surface area contributed by atoms with Crippen LogP contribution in [-0.2, 0) is 17.6 Å². The summed E-state index contributed by atoms with van der Waals surface area (Å²) < 4.78 is 5.08. The van der Waals surface area contributed by atoms with Crippen LogP contribution >= 0.6 is 0 Å². The summed E-state index contributed by atoms with van der Waals surface area (Å²) in [4.78, 5) is 15.1. The first-order valence-electron chi connectivity index (χ1n) is 8.20. The molecule has 114 valence electrons. The molecular formula is C19H21NO2. The summed E-state index contributed by atoms with van der Waals surface area (Å²) in [7, 11) is 0. The Hall–Kier alpha value is -2.03. The van der Waals surface area contributed by atoms with E-state index in [1.54, 1.807) is 0 Å². The molecular weight excluding hydrogens is 274 g/mol. The third-order valence-electron chi connectivity index (χ3n) is 5.17. The maximum absolute atomic E-state index is 11.8. The number of aryl methyl sites for hydroxylation is 1. The number of nitrogens with one attached hydrogen (secondary N) is 1. The Morgan fingerprint density at radius 1 is 1.32 bits per heavy atom. The summed E-state index contributed by atoms with van der Waals surface area (Å²) in [5.74, 6) is 2.02. The maximum atomic E-state index is 11.8. The molecule has 3 nitrogen and oxygen atoms in total. The van der Waals surface area contributed by atoms with Crippen molar-refractivity contribution in [2.24, 2.45) is 11.8 Å². The van der Waals surface area contributed by atoms with Gasteiger partial charge in [0.05, 0.1) is 6.61 Å². The number of ether oxygens (including phenoxy) is 1. The van der Waals surface area contributed by atoms with E-state index in [1.807, 2.05) is 13.0 Å². The lowest BCUT2D eigenvalue weighted by Gasteiger charge is -2.04. The first kappa shape index (κ1) is 13.6. The van der Waals surface area contributed by atoms with E-state index in [-0.39, 0.29) is 5.97 Å². The van der Waals surface area contributed by atoms with Crippen molar-refractivity contribution in [3.05, 3.63) is 58.9 Å². The van der Waals surface area contributed by atoms with Crippen LogP contribution in [0.5, 0.6) is 0 Å². The summed E-state index contributed by atoms with van der Waals surface area (Å²) >= 11 is 0. The third-order valence-corrected chi connectivity index (χ3v) is 5.17. The van der Waals surface area contributed by atoms with Crippen molar-refractivity contribution < 1.29 is 9.53 Å². The molecule has 1 aromatic heterocycles. The van der Waals surface area contributed by atoms with Crippen LogP contribution < -0.4 is 0 Å². The average Bonchev–Trinajstić information content (AvgIpc) is 2.87. The van der Waals surface area contributed by atoms with Crippen LogP contribution in [0, 0.1) is 11.8 Å². The number of benzene rings is 1. The molecule has 1 heterocycles. The van der Waals surface area contributed by atoms with E-state index in [0.29, 0.717) is 18.2 Å². The zero-order chi connectivity index (χ0) is 15.1. The van der Waals surface area contributed by atoms with Gasteiger partial charge >= 0.3 is 5.97 Å². The van der Waals surface area contributed by atoms with Gasteiger partial charge in [0.2, 0.25) is 0 Å². The molecule has 0 radical (unpaired) electrons. The van der Waals surface area contributed by atoms with E-state index in [0.717, 1.165) is 24.7 Å². The quantitative estimate of drug-likeness (QED) is 0.854. The molecule has 1 fully saturated rings. The summed E-state index contributed by atoms with van der Waals surface area (Å²) in [6.45, 7) is 2.26. The zero-order valence-electron chi connectivity index (χ0n) is 12.8. The molecule has 2 aliphatic carbocycles. The minimum Gasteiger partial charge on any atom is -0.461 e. The van der Waals surface area contributed by atoms with Crippen LogP contribution in [0.1, 0.15) is 46.6 Å². The van der Waals surface area contributed by atoms with Crippen LogP contribution in [-0.4, -0.2) is 17.6 Å². The van der Waals surface area contributed by atoms with Crippen LogP contribution in [0.25, 0.3) is 0 Å². The van der Waals surface area contributed by atoms with Gasteiger partial charge in [0.15, 0.2) is 0 Å². The SMILES string of the molecule is CCOC(=O)c1cc2c([nH]1)C[C@H]1C2[C@H]1CCc1ccccc1. The van der Waals surface area contributed by atoms with Crippen LogP contribution in [0.2, 0.25) is 0 Å². The highest BCUT2D eigenvalue weighted by Gasteiger charge is 2.55. The molecule has 1 saturated carbocycles. The minimum absolute atomic E-state index is 0.227. The largest absolute Gasteiger partial charge is 0.461 e. The van der Waals surface area contributed by atoms with Gasteiger partial charge in [0, 0.05) is 5.69 Å². The number of H-pyrrole nitrogens is 1. The molecule has 0 aliphatic heterocycles. The Morgan fingerprint density at radius 2 is 2.14 bits per heavy atom.